The number of thiophene rings is 1. The first-order valence-electron chi connectivity index (χ1n) is 5.42. The van der Waals surface area contributed by atoms with E-state index in [1.165, 1.54) is 7.05 Å². The Morgan fingerprint density at radius 1 is 1.35 bits per heavy atom. The second-order valence-electron chi connectivity index (χ2n) is 3.78. The molecule has 20 heavy (non-hydrogen) atoms. The van der Waals surface area contributed by atoms with Gasteiger partial charge in [-0.2, -0.15) is 13.2 Å². The van der Waals surface area contributed by atoms with E-state index in [4.69, 9.17) is 11.5 Å². The van der Waals surface area contributed by atoms with E-state index >= 15 is 0 Å². The quantitative estimate of drug-likeness (QED) is 0.654. The van der Waals surface area contributed by atoms with Gasteiger partial charge in [0, 0.05) is 13.6 Å². The number of rotatable bonds is 5. The topological polar surface area (TPSA) is 110 Å². The van der Waals surface area contributed by atoms with Gasteiger partial charge in [-0.05, 0) is 0 Å². The van der Waals surface area contributed by atoms with Gasteiger partial charge in [0.1, 0.15) is 9.88 Å². The summed E-state index contributed by atoms with van der Waals surface area (Å²) in [7, 11) is 1.36. The van der Waals surface area contributed by atoms with E-state index in [1.807, 2.05) is 0 Å². The summed E-state index contributed by atoms with van der Waals surface area (Å²) >= 11 is 0.781. The number of hydrogen-bond acceptors (Lipinski definition) is 5. The predicted molar refractivity (Wildman–Crippen MR) is 69.8 cm³/mol. The fourth-order valence-corrected chi connectivity index (χ4v) is 2.51. The van der Waals surface area contributed by atoms with E-state index in [0.29, 0.717) is 0 Å². The minimum Gasteiger partial charge on any atom is -0.397 e. The molecule has 0 fully saturated rings. The van der Waals surface area contributed by atoms with Gasteiger partial charge in [0.05, 0.1) is 17.7 Å². The van der Waals surface area contributed by atoms with Gasteiger partial charge in [-0.15, -0.1) is 11.3 Å². The molecule has 1 aromatic heterocycles. The summed E-state index contributed by atoms with van der Waals surface area (Å²) in [5, 5.41) is 4.80. The number of alkyl halides is 3. The number of carbonyl (C=O) groups is 2. The Balaban J connectivity index is 3.00. The number of anilines is 2. The molecule has 6 N–H and O–H groups in total. The van der Waals surface area contributed by atoms with Gasteiger partial charge in [-0.25, -0.2) is 0 Å². The normalized spacial score (nSPS) is 11.2. The maximum atomic E-state index is 12.1. The third kappa shape index (κ3) is 3.76. The van der Waals surface area contributed by atoms with E-state index in [1.54, 1.807) is 0 Å². The van der Waals surface area contributed by atoms with Crippen LogP contribution in [0.4, 0.5) is 23.9 Å². The Morgan fingerprint density at radius 3 is 2.40 bits per heavy atom. The van der Waals surface area contributed by atoms with Gasteiger partial charge in [0.2, 0.25) is 0 Å². The summed E-state index contributed by atoms with van der Waals surface area (Å²) in [4.78, 5) is 22.8. The number of nitrogens with one attached hydrogen (secondary N) is 2. The Morgan fingerprint density at radius 2 is 1.95 bits per heavy atom. The summed E-state index contributed by atoms with van der Waals surface area (Å²) < 4.78 is 36.2. The van der Waals surface area contributed by atoms with Crippen molar-refractivity contribution in [3.05, 3.63) is 10.4 Å². The minimum absolute atomic E-state index is 0.0239. The zero-order chi connectivity index (χ0) is 15.5. The van der Waals surface area contributed by atoms with Crippen molar-refractivity contribution < 1.29 is 22.8 Å². The highest BCUT2D eigenvalue weighted by Gasteiger charge is 2.28. The van der Waals surface area contributed by atoms with Crippen molar-refractivity contribution in [1.82, 2.24) is 5.32 Å². The molecule has 1 aromatic rings. The van der Waals surface area contributed by atoms with E-state index in [0.717, 1.165) is 11.3 Å². The van der Waals surface area contributed by atoms with Crippen molar-refractivity contribution in [1.29, 1.82) is 0 Å². The molecule has 0 aliphatic carbocycles. The average Bonchev–Trinajstić information content (AvgIpc) is 2.63. The van der Waals surface area contributed by atoms with E-state index in [9.17, 15) is 22.8 Å². The molecule has 0 radical (unpaired) electrons. The van der Waals surface area contributed by atoms with Crippen LogP contribution in [0.2, 0.25) is 0 Å². The average molecular weight is 310 g/mol. The molecular formula is C10H13F3N4O2S. The van der Waals surface area contributed by atoms with Gasteiger partial charge < -0.3 is 22.1 Å². The molecule has 0 aliphatic heterocycles. The van der Waals surface area contributed by atoms with Crippen molar-refractivity contribution in [2.24, 2.45) is 5.73 Å². The van der Waals surface area contributed by atoms with Crippen molar-refractivity contribution in [3.8, 4) is 0 Å². The lowest BCUT2D eigenvalue weighted by atomic mass is 10.2. The molecule has 10 heteroatoms. The van der Waals surface area contributed by atoms with Gasteiger partial charge in [0.15, 0.2) is 0 Å². The molecule has 6 nitrogen and oxygen atoms in total. The summed E-state index contributed by atoms with van der Waals surface area (Å²) in [6.45, 7) is -0.448. The Kier molecular flexibility index (Phi) is 4.82. The number of primary amides is 1. The zero-order valence-electron chi connectivity index (χ0n) is 10.4. The monoisotopic (exact) mass is 310 g/mol. The first kappa shape index (κ1) is 16.1. The van der Waals surface area contributed by atoms with E-state index in [-0.39, 0.29) is 21.1 Å². The van der Waals surface area contributed by atoms with E-state index < -0.39 is 31.0 Å². The molecule has 0 saturated heterocycles. The van der Waals surface area contributed by atoms with Crippen molar-refractivity contribution in [2.45, 2.75) is 12.6 Å². The largest absolute Gasteiger partial charge is 0.397 e. The summed E-state index contributed by atoms with van der Waals surface area (Å²) in [6, 6.07) is 0. The number of carbonyl (C=O) groups excluding carboxylic acids is 2. The van der Waals surface area contributed by atoms with Crippen LogP contribution in [0, 0.1) is 0 Å². The van der Waals surface area contributed by atoms with Crippen LogP contribution in [0.5, 0.6) is 0 Å². The molecule has 1 heterocycles. The lowest BCUT2D eigenvalue weighted by Crippen LogP contribution is -2.19. The van der Waals surface area contributed by atoms with Gasteiger partial charge >= 0.3 is 6.18 Å². The lowest BCUT2D eigenvalue weighted by molar-refractivity contribution is -0.131. The van der Waals surface area contributed by atoms with Crippen LogP contribution in [0.3, 0.4) is 0 Å². The molecule has 0 unspecified atom stereocenters. The Bertz CT molecular complexity index is 527. The molecule has 112 valence electrons. The zero-order valence-corrected chi connectivity index (χ0v) is 11.2. The minimum atomic E-state index is -4.33. The molecular weight excluding hydrogens is 297 g/mol. The Labute approximate surface area is 116 Å². The summed E-state index contributed by atoms with van der Waals surface area (Å²) in [6.07, 6.45) is -5.41. The lowest BCUT2D eigenvalue weighted by Gasteiger charge is -2.08. The maximum absolute atomic E-state index is 12.1. The fraction of sp³-hybridized carbons (Fsp3) is 0.400. The van der Waals surface area contributed by atoms with Crippen LogP contribution in [-0.4, -0.2) is 31.6 Å². The van der Waals surface area contributed by atoms with Crippen molar-refractivity contribution in [3.63, 3.8) is 0 Å². The standard InChI is InChI=1S/C10H13F3N4O2S/c1-16-8(19)6-5(14)4(7(15)18)9(20-6)17-3-2-10(11,12)13/h17H,2-3,14H2,1H3,(H2,15,18)(H,16,19). The summed E-state index contributed by atoms with van der Waals surface area (Å²) in [5.41, 5.74) is 10.4. The first-order valence-corrected chi connectivity index (χ1v) is 6.23. The predicted octanol–water partition coefficient (Wildman–Crippen LogP) is 1.15. The molecule has 0 saturated carbocycles. The molecule has 0 aliphatic rings. The van der Waals surface area contributed by atoms with Gasteiger partial charge in [0.25, 0.3) is 11.8 Å². The highest BCUT2D eigenvalue weighted by molar-refractivity contribution is 7.19. The van der Waals surface area contributed by atoms with Crippen LogP contribution in [0.25, 0.3) is 0 Å². The molecule has 0 bridgehead atoms. The smallest absolute Gasteiger partial charge is 0.390 e. The molecule has 0 aromatic carbocycles. The van der Waals surface area contributed by atoms with Crippen LogP contribution >= 0.6 is 11.3 Å². The second-order valence-corrected chi connectivity index (χ2v) is 4.80. The molecule has 0 spiro atoms. The number of hydrogen-bond donors (Lipinski definition) is 4. The van der Waals surface area contributed by atoms with Gasteiger partial charge in [-0.1, -0.05) is 0 Å². The second kappa shape index (κ2) is 5.99. The highest BCUT2D eigenvalue weighted by atomic mass is 32.1. The summed E-state index contributed by atoms with van der Waals surface area (Å²) in [5.74, 6) is -1.46. The number of nitrogens with two attached hydrogens (primary N) is 2. The molecule has 2 amide bonds. The molecule has 1 rings (SSSR count). The van der Waals surface area contributed by atoms with Crippen LogP contribution in [0.1, 0.15) is 26.5 Å². The SMILES string of the molecule is CNC(=O)c1sc(NCCC(F)(F)F)c(C(N)=O)c1N. The van der Waals surface area contributed by atoms with Crippen LogP contribution in [-0.2, 0) is 0 Å². The first-order chi connectivity index (χ1) is 9.17. The van der Waals surface area contributed by atoms with E-state index in [2.05, 4.69) is 10.6 Å². The number of halogens is 3. The van der Waals surface area contributed by atoms with Crippen LogP contribution < -0.4 is 22.1 Å². The van der Waals surface area contributed by atoms with Crippen molar-refractivity contribution in [2.75, 3.05) is 24.6 Å². The maximum Gasteiger partial charge on any atom is 0.390 e. The number of amides is 2. The van der Waals surface area contributed by atoms with Gasteiger partial charge in [-0.3, -0.25) is 9.59 Å². The number of nitrogen functional groups attached to an aromatic ring is 1. The molecule has 0 atom stereocenters. The third-order valence-electron chi connectivity index (χ3n) is 2.32. The third-order valence-corrected chi connectivity index (χ3v) is 3.48. The Hall–Kier alpha value is -1.97. The van der Waals surface area contributed by atoms with Crippen LogP contribution in [0.15, 0.2) is 0 Å². The van der Waals surface area contributed by atoms with Crippen molar-refractivity contribution >= 4 is 33.8 Å². The highest BCUT2D eigenvalue weighted by Crippen LogP contribution is 2.35. The fourth-order valence-electron chi connectivity index (χ4n) is 1.41.